The topological polar surface area (TPSA) is 90.9 Å². The summed E-state index contributed by atoms with van der Waals surface area (Å²) >= 11 is 0. The van der Waals surface area contributed by atoms with Crippen LogP contribution in [0.25, 0.3) is 0 Å². The fourth-order valence-corrected chi connectivity index (χ4v) is 2.31. The van der Waals surface area contributed by atoms with Crippen LogP contribution in [0.3, 0.4) is 0 Å². The number of ether oxygens (including phenoxy) is 3. The number of methoxy groups -OCH3 is 1. The molecule has 0 saturated heterocycles. The third-order valence-electron chi connectivity index (χ3n) is 3.06. The van der Waals surface area contributed by atoms with Gasteiger partial charge in [0.05, 0.1) is 19.1 Å². The largest absolute Gasteiger partial charge is 0.469 e. The van der Waals surface area contributed by atoms with Crippen LogP contribution in [-0.2, 0) is 23.8 Å². The summed E-state index contributed by atoms with van der Waals surface area (Å²) in [5.74, 6) is -1.23. The Hall–Kier alpha value is -1.79. The second-order valence-corrected chi connectivity index (χ2v) is 6.09. The first-order chi connectivity index (χ1) is 9.62. The van der Waals surface area contributed by atoms with E-state index in [-0.39, 0.29) is 5.97 Å². The number of esters is 2. The number of rotatable bonds is 3. The lowest BCUT2D eigenvalue weighted by molar-refractivity contribution is -0.149. The highest BCUT2D eigenvalue weighted by atomic mass is 16.6. The van der Waals surface area contributed by atoms with Gasteiger partial charge >= 0.3 is 18.0 Å². The Bertz CT molecular complexity index is 414. The predicted molar refractivity (Wildman–Crippen MR) is 73.5 cm³/mol. The van der Waals surface area contributed by atoms with E-state index in [1.807, 2.05) is 0 Å². The summed E-state index contributed by atoms with van der Waals surface area (Å²) < 4.78 is 15.0. The number of carbonyl (C=O) groups is 3. The van der Waals surface area contributed by atoms with Crippen molar-refractivity contribution >= 4 is 18.0 Å². The molecule has 0 aromatic heterocycles. The molecule has 1 saturated carbocycles. The molecule has 120 valence electrons. The van der Waals surface area contributed by atoms with Gasteiger partial charge in [0, 0.05) is 6.92 Å². The fraction of sp³-hybridized carbons (Fsp3) is 0.786. The lowest BCUT2D eigenvalue weighted by Gasteiger charge is -2.24. The Kier molecular flexibility index (Phi) is 5.57. The van der Waals surface area contributed by atoms with E-state index in [1.165, 1.54) is 14.0 Å². The summed E-state index contributed by atoms with van der Waals surface area (Å²) in [7, 11) is 1.30. The van der Waals surface area contributed by atoms with Crippen LogP contribution in [0.1, 0.15) is 40.5 Å². The summed E-state index contributed by atoms with van der Waals surface area (Å²) in [4.78, 5) is 34.5. The average molecular weight is 301 g/mol. The number of amides is 1. The van der Waals surface area contributed by atoms with Crippen molar-refractivity contribution in [2.75, 3.05) is 7.11 Å². The van der Waals surface area contributed by atoms with E-state index in [1.54, 1.807) is 20.8 Å². The maximum absolute atomic E-state index is 11.8. The highest BCUT2D eigenvalue weighted by Crippen LogP contribution is 2.29. The Balaban J connectivity index is 2.69. The molecule has 1 fully saturated rings. The molecule has 0 spiro atoms. The third-order valence-corrected chi connectivity index (χ3v) is 3.06. The average Bonchev–Trinajstić information content (AvgIpc) is 2.68. The molecule has 7 nitrogen and oxygen atoms in total. The number of hydrogen-bond donors (Lipinski definition) is 1. The molecule has 1 N–H and O–H groups in total. The van der Waals surface area contributed by atoms with Crippen LogP contribution in [0, 0.1) is 5.92 Å². The molecule has 3 atom stereocenters. The summed E-state index contributed by atoms with van der Waals surface area (Å²) in [6, 6.07) is -0.465. The Labute approximate surface area is 124 Å². The third kappa shape index (κ3) is 5.61. The van der Waals surface area contributed by atoms with Gasteiger partial charge in [0.25, 0.3) is 0 Å². The van der Waals surface area contributed by atoms with E-state index in [0.717, 1.165) is 0 Å². The van der Waals surface area contributed by atoms with Gasteiger partial charge in [-0.1, -0.05) is 0 Å². The molecule has 0 radical (unpaired) electrons. The van der Waals surface area contributed by atoms with Gasteiger partial charge < -0.3 is 19.5 Å². The summed E-state index contributed by atoms with van der Waals surface area (Å²) in [6.07, 6.45) is -0.481. The van der Waals surface area contributed by atoms with Gasteiger partial charge in [0.15, 0.2) is 0 Å². The van der Waals surface area contributed by atoms with Crippen molar-refractivity contribution in [3.63, 3.8) is 0 Å². The fourth-order valence-electron chi connectivity index (χ4n) is 2.31. The molecule has 1 amide bonds. The second-order valence-electron chi connectivity index (χ2n) is 6.09. The molecular formula is C14H23NO6. The van der Waals surface area contributed by atoms with Crippen molar-refractivity contribution in [1.82, 2.24) is 5.32 Å². The van der Waals surface area contributed by atoms with Gasteiger partial charge in [-0.2, -0.15) is 0 Å². The van der Waals surface area contributed by atoms with Crippen molar-refractivity contribution < 1.29 is 28.6 Å². The molecule has 0 aromatic rings. The van der Waals surface area contributed by atoms with Gasteiger partial charge in [0.2, 0.25) is 0 Å². The molecule has 21 heavy (non-hydrogen) atoms. The second kappa shape index (κ2) is 6.78. The van der Waals surface area contributed by atoms with E-state index in [2.05, 4.69) is 5.32 Å². The standard InChI is InChI=1S/C14H23NO6/c1-8(16)20-11-7-9(12(17)19-5)6-10(11)15-13(18)21-14(2,3)4/h9-11H,6-7H2,1-5H3,(H,15,18)/t9-,10+,11?/m1/s1. The zero-order valence-corrected chi connectivity index (χ0v) is 13.1. The van der Waals surface area contributed by atoms with E-state index >= 15 is 0 Å². The van der Waals surface area contributed by atoms with Crippen molar-refractivity contribution in [2.45, 2.75) is 58.3 Å². The normalized spacial score (nSPS) is 25.1. The molecule has 1 aliphatic carbocycles. The molecule has 1 rings (SSSR count). The van der Waals surface area contributed by atoms with Gasteiger partial charge in [0.1, 0.15) is 11.7 Å². The van der Waals surface area contributed by atoms with Gasteiger partial charge in [-0.3, -0.25) is 9.59 Å². The van der Waals surface area contributed by atoms with Crippen LogP contribution < -0.4 is 5.32 Å². The van der Waals surface area contributed by atoms with Gasteiger partial charge in [-0.25, -0.2) is 4.79 Å². The number of alkyl carbamates (subject to hydrolysis) is 1. The molecule has 0 bridgehead atoms. The van der Waals surface area contributed by atoms with Crippen molar-refractivity contribution in [2.24, 2.45) is 5.92 Å². The molecule has 1 aliphatic rings. The monoisotopic (exact) mass is 301 g/mol. The maximum atomic E-state index is 11.8. The van der Waals surface area contributed by atoms with Crippen LogP contribution in [0.15, 0.2) is 0 Å². The first-order valence-corrected chi connectivity index (χ1v) is 6.87. The lowest BCUT2D eigenvalue weighted by Crippen LogP contribution is -2.44. The van der Waals surface area contributed by atoms with Crippen molar-refractivity contribution in [1.29, 1.82) is 0 Å². The summed E-state index contributed by atoms with van der Waals surface area (Å²) in [6.45, 7) is 6.54. The highest BCUT2D eigenvalue weighted by Gasteiger charge is 2.41. The number of hydrogen-bond acceptors (Lipinski definition) is 6. The van der Waals surface area contributed by atoms with Gasteiger partial charge in [-0.05, 0) is 33.6 Å². The Morgan fingerprint density at radius 2 is 1.76 bits per heavy atom. The molecular weight excluding hydrogens is 278 g/mol. The Morgan fingerprint density at radius 3 is 2.24 bits per heavy atom. The van der Waals surface area contributed by atoms with E-state index in [0.29, 0.717) is 12.8 Å². The highest BCUT2D eigenvalue weighted by molar-refractivity contribution is 5.74. The van der Waals surface area contributed by atoms with Crippen LogP contribution in [-0.4, -0.2) is 42.9 Å². The predicted octanol–water partition coefficient (Wildman–Crippen LogP) is 1.39. The number of carbonyl (C=O) groups excluding carboxylic acids is 3. The van der Waals surface area contributed by atoms with Crippen LogP contribution >= 0.6 is 0 Å². The first kappa shape index (κ1) is 17.3. The van der Waals surface area contributed by atoms with Crippen LogP contribution in [0.2, 0.25) is 0 Å². The molecule has 0 heterocycles. The summed E-state index contributed by atoms with van der Waals surface area (Å²) in [5.41, 5.74) is -0.624. The van der Waals surface area contributed by atoms with E-state index in [4.69, 9.17) is 14.2 Å². The Morgan fingerprint density at radius 1 is 1.14 bits per heavy atom. The quantitative estimate of drug-likeness (QED) is 0.626. The molecule has 1 unspecified atom stereocenters. The van der Waals surface area contributed by atoms with Crippen molar-refractivity contribution in [3.8, 4) is 0 Å². The smallest absolute Gasteiger partial charge is 0.408 e. The molecule has 0 aliphatic heterocycles. The van der Waals surface area contributed by atoms with E-state index in [9.17, 15) is 14.4 Å². The zero-order chi connectivity index (χ0) is 16.2. The lowest BCUT2D eigenvalue weighted by atomic mass is 10.1. The minimum atomic E-state index is -0.624. The molecule has 7 heteroatoms. The van der Waals surface area contributed by atoms with Crippen LogP contribution in [0.5, 0.6) is 0 Å². The molecule has 0 aromatic carbocycles. The first-order valence-electron chi connectivity index (χ1n) is 6.87. The maximum Gasteiger partial charge on any atom is 0.408 e. The SMILES string of the molecule is COC(=O)[C@H]1CC(OC(C)=O)[C@@H](NC(=O)OC(C)(C)C)C1. The van der Waals surface area contributed by atoms with E-state index < -0.39 is 35.7 Å². The zero-order valence-electron chi connectivity index (χ0n) is 13.1. The minimum Gasteiger partial charge on any atom is -0.469 e. The number of nitrogens with one attached hydrogen (secondary N) is 1. The minimum absolute atomic E-state index is 0.326. The van der Waals surface area contributed by atoms with Gasteiger partial charge in [-0.15, -0.1) is 0 Å². The van der Waals surface area contributed by atoms with Crippen LogP contribution in [0.4, 0.5) is 4.79 Å². The van der Waals surface area contributed by atoms with Crippen molar-refractivity contribution in [3.05, 3.63) is 0 Å². The summed E-state index contributed by atoms with van der Waals surface area (Å²) in [5, 5.41) is 2.65.